The Morgan fingerprint density at radius 2 is 1.46 bits per heavy atom. The molecule has 0 atom stereocenters. The first kappa shape index (κ1) is 17.8. The lowest BCUT2D eigenvalue weighted by molar-refractivity contribution is -0.384. The lowest BCUT2D eigenvalue weighted by Crippen LogP contribution is -2.20. The van der Waals surface area contributed by atoms with Crippen LogP contribution in [-0.4, -0.2) is 25.5 Å². The summed E-state index contributed by atoms with van der Waals surface area (Å²) in [5.41, 5.74) is 1.18. The lowest BCUT2D eigenvalue weighted by atomic mass is 10.3. The second kappa shape index (κ2) is 7.34. The third-order valence-corrected chi connectivity index (χ3v) is 4.66. The molecule has 126 valence electrons. The van der Waals surface area contributed by atoms with E-state index in [-0.39, 0.29) is 15.7 Å². The van der Waals surface area contributed by atoms with Gasteiger partial charge < -0.3 is 10.6 Å². The van der Waals surface area contributed by atoms with Crippen molar-refractivity contribution in [2.45, 2.75) is 4.90 Å². The predicted molar refractivity (Wildman–Crippen MR) is 95.6 cm³/mol. The van der Waals surface area contributed by atoms with Crippen LogP contribution in [0.3, 0.4) is 0 Å². The second-order valence-electron chi connectivity index (χ2n) is 4.62. The number of hydrogen-bond acceptors (Lipinski definition) is 5. The van der Waals surface area contributed by atoms with E-state index in [0.29, 0.717) is 11.4 Å². The van der Waals surface area contributed by atoms with Crippen LogP contribution >= 0.6 is 12.2 Å². The zero-order chi connectivity index (χ0) is 17.7. The van der Waals surface area contributed by atoms with Crippen LogP contribution < -0.4 is 15.4 Å². The predicted octanol–water partition coefficient (Wildman–Crippen LogP) is 2.31. The van der Waals surface area contributed by atoms with Crippen molar-refractivity contribution in [2.24, 2.45) is 0 Å². The molecule has 0 heterocycles. The average Bonchev–Trinajstić information content (AvgIpc) is 2.55. The highest BCUT2D eigenvalue weighted by Gasteiger charge is 2.10. The third-order valence-electron chi connectivity index (χ3n) is 3.03. The fourth-order valence-electron chi connectivity index (χ4n) is 1.80. The van der Waals surface area contributed by atoms with Crippen LogP contribution in [0.4, 0.5) is 17.1 Å². The molecule has 2 aromatic rings. The number of rotatable bonds is 5. The first-order valence-corrected chi connectivity index (χ1v) is 8.57. The van der Waals surface area contributed by atoms with E-state index >= 15 is 0 Å². The summed E-state index contributed by atoms with van der Waals surface area (Å²) in [7, 11) is -2.15. The molecule has 8 nitrogen and oxygen atoms in total. The van der Waals surface area contributed by atoms with Crippen molar-refractivity contribution in [3.63, 3.8) is 0 Å². The van der Waals surface area contributed by atoms with E-state index in [1.54, 1.807) is 12.1 Å². The highest BCUT2D eigenvalue weighted by Crippen LogP contribution is 2.17. The summed E-state index contributed by atoms with van der Waals surface area (Å²) in [6, 6.07) is 11.8. The Labute approximate surface area is 144 Å². The van der Waals surface area contributed by atoms with Gasteiger partial charge in [0.2, 0.25) is 10.0 Å². The molecule has 0 aliphatic carbocycles. The molecule has 24 heavy (non-hydrogen) atoms. The smallest absolute Gasteiger partial charge is 0.269 e. The van der Waals surface area contributed by atoms with Gasteiger partial charge in [0, 0.05) is 23.5 Å². The first-order chi connectivity index (χ1) is 11.3. The van der Waals surface area contributed by atoms with Gasteiger partial charge in [0.1, 0.15) is 0 Å². The Bertz CT molecular complexity index is 849. The molecule has 0 radical (unpaired) electrons. The zero-order valence-electron chi connectivity index (χ0n) is 12.5. The molecule has 2 aromatic carbocycles. The fraction of sp³-hybridized carbons (Fsp3) is 0.0714. The van der Waals surface area contributed by atoms with Crippen LogP contribution in [0.25, 0.3) is 0 Å². The zero-order valence-corrected chi connectivity index (χ0v) is 14.1. The summed E-state index contributed by atoms with van der Waals surface area (Å²) in [4.78, 5) is 10.3. The fourth-order valence-corrected chi connectivity index (χ4v) is 2.76. The summed E-state index contributed by atoms with van der Waals surface area (Å²) >= 11 is 5.14. The number of thiocarbonyl (C=S) groups is 1. The molecule has 10 heteroatoms. The van der Waals surface area contributed by atoms with Gasteiger partial charge in [-0.05, 0) is 55.7 Å². The highest BCUT2D eigenvalue weighted by molar-refractivity contribution is 7.89. The molecule has 2 rings (SSSR count). The quantitative estimate of drug-likeness (QED) is 0.423. The number of nitrogens with one attached hydrogen (secondary N) is 3. The maximum atomic E-state index is 11.6. The van der Waals surface area contributed by atoms with Crippen molar-refractivity contribution < 1.29 is 13.3 Å². The summed E-state index contributed by atoms with van der Waals surface area (Å²) < 4.78 is 25.5. The molecule has 3 N–H and O–H groups in total. The Kier molecular flexibility index (Phi) is 5.44. The molecule has 0 saturated heterocycles. The molecule has 0 amide bonds. The molecule has 0 saturated carbocycles. The number of nitro groups is 1. The average molecular weight is 366 g/mol. The van der Waals surface area contributed by atoms with E-state index < -0.39 is 14.9 Å². The number of nitrogens with zero attached hydrogens (tertiary/aromatic N) is 1. The molecule has 0 aromatic heterocycles. The van der Waals surface area contributed by atoms with E-state index in [0.717, 1.165) is 0 Å². The van der Waals surface area contributed by atoms with Gasteiger partial charge >= 0.3 is 0 Å². The van der Waals surface area contributed by atoms with Gasteiger partial charge in [0.05, 0.1) is 9.82 Å². The first-order valence-electron chi connectivity index (χ1n) is 6.68. The minimum atomic E-state index is -3.48. The molecule has 0 bridgehead atoms. The van der Waals surface area contributed by atoms with Crippen molar-refractivity contribution in [3.8, 4) is 0 Å². The molecule has 0 spiro atoms. The summed E-state index contributed by atoms with van der Waals surface area (Å²) in [6.07, 6.45) is 0. The molecular formula is C14H14N4O4S2. The highest BCUT2D eigenvalue weighted by atomic mass is 32.2. The van der Waals surface area contributed by atoms with Gasteiger partial charge in [-0.15, -0.1) is 0 Å². The topological polar surface area (TPSA) is 113 Å². The van der Waals surface area contributed by atoms with Crippen LogP contribution in [0.2, 0.25) is 0 Å². The Hall–Kier alpha value is -2.56. The molecule has 0 aliphatic heterocycles. The number of non-ortho nitro benzene ring substituents is 1. The van der Waals surface area contributed by atoms with E-state index in [2.05, 4.69) is 15.4 Å². The summed E-state index contributed by atoms with van der Waals surface area (Å²) in [5.74, 6) is 0. The van der Waals surface area contributed by atoms with E-state index in [1.165, 1.54) is 43.4 Å². The molecular weight excluding hydrogens is 352 g/mol. The van der Waals surface area contributed by atoms with Crippen molar-refractivity contribution in [2.75, 3.05) is 17.7 Å². The number of anilines is 2. The summed E-state index contributed by atoms with van der Waals surface area (Å²) in [5, 5.41) is 16.6. The second-order valence-corrected chi connectivity index (χ2v) is 6.91. The largest absolute Gasteiger partial charge is 0.332 e. The van der Waals surface area contributed by atoms with Crippen LogP contribution in [0.1, 0.15) is 0 Å². The van der Waals surface area contributed by atoms with Crippen molar-refractivity contribution >= 4 is 44.4 Å². The van der Waals surface area contributed by atoms with Crippen LogP contribution in [0, 0.1) is 10.1 Å². The van der Waals surface area contributed by atoms with Gasteiger partial charge in [-0.25, -0.2) is 13.1 Å². The van der Waals surface area contributed by atoms with Gasteiger partial charge in [-0.3, -0.25) is 10.1 Å². The maximum absolute atomic E-state index is 11.6. The summed E-state index contributed by atoms with van der Waals surface area (Å²) in [6.45, 7) is 0. The van der Waals surface area contributed by atoms with Crippen molar-refractivity contribution in [1.29, 1.82) is 0 Å². The molecule has 0 aliphatic rings. The number of hydrogen-bond donors (Lipinski definition) is 3. The third kappa shape index (κ3) is 4.47. The van der Waals surface area contributed by atoms with Crippen LogP contribution in [0.5, 0.6) is 0 Å². The van der Waals surface area contributed by atoms with Gasteiger partial charge in [0.15, 0.2) is 5.11 Å². The van der Waals surface area contributed by atoms with Crippen LogP contribution in [0.15, 0.2) is 53.4 Å². The van der Waals surface area contributed by atoms with Crippen LogP contribution in [-0.2, 0) is 10.0 Å². The Morgan fingerprint density at radius 1 is 1.00 bits per heavy atom. The van der Waals surface area contributed by atoms with E-state index in [4.69, 9.17) is 12.2 Å². The monoisotopic (exact) mass is 366 g/mol. The standard InChI is InChI=1S/C14H14N4O4S2/c1-15-24(21,22)13-8-4-11(5-9-13)17-14(23)16-10-2-6-12(7-3-10)18(19)20/h2-9,15H,1H3,(H2,16,17,23). The van der Waals surface area contributed by atoms with Crippen molar-refractivity contribution in [3.05, 3.63) is 58.6 Å². The molecule has 0 unspecified atom stereocenters. The minimum Gasteiger partial charge on any atom is -0.332 e. The number of benzene rings is 2. The van der Waals surface area contributed by atoms with E-state index in [1.807, 2.05) is 0 Å². The number of nitro benzene ring substituents is 1. The van der Waals surface area contributed by atoms with Crippen molar-refractivity contribution in [1.82, 2.24) is 4.72 Å². The normalized spacial score (nSPS) is 10.9. The minimum absolute atomic E-state index is 0.0132. The maximum Gasteiger partial charge on any atom is 0.269 e. The van der Waals surface area contributed by atoms with Gasteiger partial charge in [0.25, 0.3) is 5.69 Å². The SMILES string of the molecule is CNS(=O)(=O)c1ccc(NC(=S)Nc2ccc([N+](=O)[O-])cc2)cc1. The Balaban J connectivity index is 2.00. The molecule has 0 fully saturated rings. The van der Waals surface area contributed by atoms with Gasteiger partial charge in [-0.1, -0.05) is 0 Å². The van der Waals surface area contributed by atoms with Gasteiger partial charge in [-0.2, -0.15) is 0 Å². The lowest BCUT2D eigenvalue weighted by Gasteiger charge is -2.11. The Morgan fingerprint density at radius 3 is 1.88 bits per heavy atom. The number of sulfonamides is 1. The van der Waals surface area contributed by atoms with E-state index in [9.17, 15) is 18.5 Å².